The lowest BCUT2D eigenvalue weighted by molar-refractivity contribution is -0.114. The number of halogens is 1. The summed E-state index contributed by atoms with van der Waals surface area (Å²) >= 11 is 0. The smallest absolute Gasteiger partial charge is 0.335 e. The van der Waals surface area contributed by atoms with E-state index in [-0.39, 0.29) is 17.2 Å². The van der Waals surface area contributed by atoms with Gasteiger partial charge in [0.15, 0.2) is 5.78 Å². The number of hydrazone groups is 1. The minimum absolute atomic E-state index is 0.0105. The number of aryl methyl sites for hydroxylation is 1. The van der Waals surface area contributed by atoms with E-state index in [1.165, 1.54) is 29.3 Å². The van der Waals surface area contributed by atoms with Gasteiger partial charge in [-0.15, -0.1) is 0 Å². The number of carbonyl (C=O) groups is 3. The third-order valence-corrected chi connectivity index (χ3v) is 6.36. The Hall–Kier alpha value is -5.11. The molecule has 1 N–H and O–H groups in total. The van der Waals surface area contributed by atoms with E-state index in [1.807, 2.05) is 0 Å². The first-order valence-corrected chi connectivity index (χ1v) is 12.2. The summed E-state index contributed by atoms with van der Waals surface area (Å²) in [6.07, 6.45) is 2.44. The van der Waals surface area contributed by atoms with Gasteiger partial charge in [-0.05, 0) is 67.4 Å². The molecule has 5 rings (SSSR count). The molecule has 4 aromatic rings. The Morgan fingerprint density at radius 2 is 1.72 bits per heavy atom. The molecule has 0 atom stereocenters. The van der Waals surface area contributed by atoms with E-state index in [9.17, 15) is 23.9 Å². The molecule has 0 fully saturated rings. The van der Waals surface area contributed by atoms with Crippen LogP contribution in [0.2, 0.25) is 0 Å². The van der Waals surface area contributed by atoms with Crippen LogP contribution in [-0.4, -0.2) is 28.5 Å². The number of rotatable bonds is 8. The molecule has 0 radical (unpaired) electrons. The first-order chi connectivity index (χ1) is 18.8. The number of aromatic carboxylic acids is 1. The Kier molecular flexibility index (Phi) is 7.01. The lowest BCUT2D eigenvalue weighted by Crippen LogP contribution is -2.21. The normalized spacial score (nSPS) is 14.1. The number of Topliss-reactive ketones (excluding diaryl/α,β-unsaturated/α-hetero) is 1. The fourth-order valence-corrected chi connectivity index (χ4v) is 4.23. The molecule has 0 spiro atoms. The van der Waals surface area contributed by atoms with E-state index in [0.29, 0.717) is 46.9 Å². The van der Waals surface area contributed by atoms with Gasteiger partial charge < -0.3 is 9.52 Å². The van der Waals surface area contributed by atoms with E-state index in [4.69, 9.17) is 4.42 Å². The van der Waals surface area contributed by atoms with Crippen LogP contribution in [0.3, 0.4) is 0 Å². The SMILES string of the molecule is CC1=NN(c2cccc(C(=O)O)c2)C(=O)/C1=C\c1ccc(-c2ccc(C(=O)CCc3ccc(F)cc3)cc2)o1. The standard InChI is InChI=1S/C31H23FN2O5/c1-19-27(30(36)34(33-19)25-4-2-3-23(17-25)31(37)38)18-26-14-16-29(39-26)22-10-8-21(9-11-22)28(35)15-7-20-5-12-24(32)13-6-20/h2-6,8-14,16-18H,7,15H2,1H3,(H,37,38)/b27-18-. The maximum absolute atomic E-state index is 13.1. The summed E-state index contributed by atoms with van der Waals surface area (Å²) in [5.74, 6) is -0.784. The van der Waals surface area contributed by atoms with Crippen molar-refractivity contribution in [2.45, 2.75) is 19.8 Å². The van der Waals surface area contributed by atoms with Crippen LogP contribution < -0.4 is 5.01 Å². The van der Waals surface area contributed by atoms with Crippen LogP contribution in [0.1, 0.15) is 45.4 Å². The van der Waals surface area contributed by atoms with Crippen molar-refractivity contribution >= 4 is 35.1 Å². The molecular weight excluding hydrogens is 499 g/mol. The van der Waals surface area contributed by atoms with Crippen LogP contribution in [0.5, 0.6) is 0 Å². The van der Waals surface area contributed by atoms with Crippen molar-refractivity contribution in [3.63, 3.8) is 0 Å². The second kappa shape index (κ2) is 10.7. The summed E-state index contributed by atoms with van der Waals surface area (Å²) in [6, 6.07) is 22.7. The van der Waals surface area contributed by atoms with E-state index in [1.54, 1.807) is 73.7 Å². The van der Waals surface area contributed by atoms with Crippen LogP contribution in [-0.2, 0) is 11.2 Å². The number of hydrogen-bond acceptors (Lipinski definition) is 5. The average molecular weight is 523 g/mol. The zero-order chi connectivity index (χ0) is 27.5. The molecule has 3 aromatic carbocycles. The molecule has 0 saturated heterocycles. The fourth-order valence-electron chi connectivity index (χ4n) is 4.23. The van der Waals surface area contributed by atoms with Gasteiger partial charge in [0, 0.05) is 17.5 Å². The zero-order valence-corrected chi connectivity index (χ0v) is 20.9. The number of carboxylic acid groups (broad SMARTS) is 1. The highest BCUT2D eigenvalue weighted by Crippen LogP contribution is 2.28. The predicted molar refractivity (Wildman–Crippen MR) is 145 cm³/mol. The number of ketones is 1. The van der Waals surface area contributed by atoms with Crippen LogP contribution in [0.4, 0.5) is 10.1 Å². The van der Waals surface area contributed by atoms with Gasteiger partial charge in [0.05, 0.1) is 22.5 Å². The molecule has 1 aromatic heterocycles. The van der Waals surface area contributed by atoms with Crippen molar-refractivity contribution in [1.29, 1.82) is 0 Å². The molecule has 8 heteroatoms. The maximum atomic E-state index is 13.1. The predicted octanol–water partition coefficient (Wildman–Crippen LogP) is 6.41. The summed E-state index contributed by atoms with van der Waals surface area (Å²) in [5.41, 5.74) is 3.46. The Morgan fingerprint density at radius 1 is 0.974 bits per heavy atom. The van der Waals surface area contributed by atoms with Crippen LogP contribution in [0.25, 0.3) is 17.4 Å². The summed E-state index contributed by atoms with van der Waals surface area (Å²) in [4.78, 5) is 36.9. The second-order valence-corrected chi connectivity index (χ2v) is 9.04. The third-order valence-electron chi connectivity index (χ3n) is 6.36. The van der Waals surface area contributed by atoms with Gasteiger partial charge in [-0.2, -0.15) is 10.1 Å². The molecule has 39 heavy (non-hydrogen) atoms. The van der Waals surface area contributed by atoms with Gasteiger partial charge in [0.25, 0.3) is 5.91 Å². The topological polar surface area (TPSA) is 100 Å². The molecule has 7 nitrogen and oxygen atoms in total. The van der Waals surface area contributed by atoms with Crippen molar-refractivity contribution in [3.8, 4) is 11.3 Å². The first-order valence-electron chi connectivity index (χ1n) is 12.2. The van der Waals surface area contributed by atoms with E-state index in [2.05, 4.69) is 5.10 Å². The molecule has 0 saturated carbocycles. The summed E-state index contributed by atoms with van der Waals surface area (Å²) in [6.45, 7) is 1.69. The number of nitrogens with zero attached hydrogens (tertiary/aromatic N) is 2. The average Bonchev–Trinajstić information content (AvgIpc) is 3.53. The van der Waals surface area contributed by atoms with Gasteiger partial charge in [0.1, 0.15) is 17.3 Å². The van der Waals surface area contributed by atoms with Crippen LogP contribution in [0, 0.1) is 5.82 Å². The van der Waals surface area contributed by atoms with Gasteiger partial charge in [-0.1, -0.05) is 42.5 Å². The highest BCUT2D eigenvalue weighted by atomic mass is 19.1. The third kappa shape index (κ3) is 5.60. The van der Waals surface area contributed by atoms with Crippen molar-refractivity contribution < 1.29 is 28.3 Å². The van der Waals surface area contributed by atoms with Gasteiger partial charge in [0.2, 0.25) is 0 Å². The van der Waals surface area contributed by atoms with E-state index < -0.39 is 11.9 Å². The summed E-state index contributed by atoms with van der Waals surface area (Å²) < 4.78 is 19.0. The number of carbonyl (C=O) groups excluding carboxylic acids is 2. The lowest BCUT2D eigenvalue weighted by Gasteiger charge is -2.12. The van der Waals surface area contributed by atoms with Gasteiger partial charge >= 0.3 is 5.97 Å². The quantitative estimate of drug-likeness (QED) is 0.213. The maximum Gasteiger partial charge on any atom is 0.335 e. The number of benzene rings is 3. The molecular formula is C31H23FN2O5. The molecule has 194 valence electrons. The Balaban J connectivity index is 1.27. The van der Waals surface area contributed by atoms with E-state index in [0.717, 1.165) is 11.1 Å². The minimum Gasteiger partial charge on any atom is -0.478 e. The number of carboxylic acids is 1. The monoisotopic (exact) mass is 522 g/mol. The zero-order valence-electron chi connectivity index (χ0n) is 20.9. The molecule has 0 bridgehead atoms. The number of furan rings is 1. The van der Waals surface area contributed by atoms with Crippen molar-refractivity contribution in [2.75, 3.05) is 5.01 Å². The highest BCUT2D eigenvalue weighted by Gasteiger charge is 2.29. The van der Waals surface area contributed by atoms with Crippen molar-refractivity contribution in [2.24, 2.45) is 5.10 Å². The molecule has 1 amide bonds. The number of hydrogen-bond donors (Lipinski definition) is 1. The Bertz CT molecular complexity index is 1630. The van der Waals surface area contributed by atoms with E-state index >= 15 is 0 Å². The highest BCUT2D eigenvalue weighted by molar-refractivity contribution is 6.32. The van der Waals surface area contributed by atoms with Crippen LogP contribution in [0.15, 0.2) is 100 Å². The molecule has 1 aliphatic rings. The minimum atomic E-state index is -1.09. The summed E-state index contributed by atoms with van der Waals surface area (Å²) in [5, 5.41) is 14.7. The van der Waals surface area contributed by atoms with Gasteiger partial charge in [-0.25, -0.2) is 9.18 Å². The largest absolute Gasteiger partial charge is 0.478 e. The summed E-state index contributed by atoms with van der Waals surface area (Å²) in [7, 11) is 0. The molecule has 1 aliphatic heterocycles. The number of anilines is 1. The molecule has 0 aliphatic carbocycles. The lowest BCUT2D eigenvalue weighted by atomic mass is 10.0. The second-order valence-electron chi connectivity index (χ2n) is 9.04. The van der Waals surface area contributed by atoms with Crippen LogP contribution >= 0.6 is 0 Å². The van der Waals surface area contributed by atoms with Gasteiger partial charge in [-0.3, -0.25) is 9.59 Å². The van der Waals surface area contributed by atoms with Crippen molar-refractivity contribution in [1.82, 2.24) is 0 Å². The molecule has 2 heterocycles. The van der Waals surface area contributed by atoms with Crippen molar-refractivity contribution in [3.05, 3.63) is 119 Å². The first kappa shape index (κ1) is 25.5. The Labute approximate surface area is 223 Å². The Morgan fingerprint density at radius 3 is 2.44 bits per heavy atom. The number of amides is 1. The fraction of sp³-hybridized carbons (Fsp3) is 0.0968. The molecule has 0 unspecified atom stereocenters.